The van der Waals surface area contributed by atoms with E-state index in [1.807, 2.05) is 18.2 Å². The first-order valence-electron chi connectivity index (χ1n) is 13.0. The maximum absolute atomic E-state index is 13.0. The lowest BCUT2D eigenvalue weighted by atomic mass is 9.78. The third-order valence-electron chi connectivity index (χ3n) is 7.55. The van der Waals surface area contributed by atoms with Gasteiger partial charge in [-0.2, -0.15) is 13.2 Å². The molecule has 1 aromatic carbocycles. The molecule has 0 unspecified atom stereocenters. The second kappa shape index (κ2) is 11.1. The number of halogens is 3. The maximum atomic E-state index is 13.0. The van der Waals surface area contributed by atoms with Crippen molar-refractivity contribution in [3.8, 4) is 5.19 Å². The molecule has 1 aliphatic carbocycles. The number of para-hydroxylation sites is 1. The van der Waals surface area contributed by atoms with Crippen molar-refractivity contribution in [3.63, 3.8) is 0 Å². The summed E-state index contributed by atoms with van der Waals surface area (Å²) in [6, 6.07) is 5.58. The Morgan fingerprint density at radius 2 is 1.89 bits per heavy atom. The van der Waals surface area contributed by atoms with Crippen LogP contribution in [0.4, 0.5) is 13.2 Å². The summed E-state index contributed by atoms with van der Waals surface area (Å²) in [5.41, 5.74) is 2.86. The smallest absolute Gasteiger partial charge is 0.422 e. The van der Waals surface area contributed by atoms with Gasteiger partial charge in [-0.1, -0.05) is 30.2 Å². The minimum Gasteiger partial charge on any atom is -0.460 e. The lowest BCUT2D eigenvalue weighted by Gasteiger charge is -2.30. The molecule has 200 valence electrons. The standard InChI is InChI=1S/C27H32F3N3O3S/c1-17-31-22-4-2-3-20(25(22)36-17)23(34)15-19-7-5-18(6-8-19)9-12-33-13-10-21-24(11-14-33)37-26(32-21)35-16-27(28,29)30/h2-4,18-19H,5-16H2,1H3. The number of oxazole rings is 1. The van der Waals surface area contributed by atoms with E-state index in [2.05, 4.69) is 14.9 Å². The number of thiazole rings is 1. The van der Waals surface area contributed by atoms with E-state index >= 15 is 0 Å². The van der Waals surface area contributed by atoms with Gasteiger partial charge < -0.3 is 14.1 Å². The normalized spacial score (nSPS) is 21.1. The van der Waals surface area contributed by atoms with Crippen molar-refractivity contribution in [2.45, 2.75) is 64.5 Å². The van der Waals surface area contributed by atoms with Crippen LogP contribution in [0.5, 0.6) is 5.19 Å². The third-order valence-corrected chi connectivity index (χ3v) is 8.62. The van der Waals surface area contributed by atoms with Gasteiger partial charge in [-0.3, -0.25) is 4.79 Å². The molecule has 3 heterocycles. The van der Waals surface area contributed by atoms with E-state index in [1.54, 1.807) is 6.92 Å². The van der Waals surface area contributed by atoms with Crippen molar-refractivity contribution in [1.29, 1.82) is 0 Å². The molecule has 1 saturated carbocycles. The average Bonchev–Trinajstić information content (AvgIpc) is 3.39. The van der Waals surface area contributed by atoms with Crippen LogP contribution in [-0.4, -0.2) is 53.1 Å². The van der Waals surface area contributed by atoms with Crippen molar-refractivity contribution in [3.05, 3.63) is 40.2 Å². The van der Waals surface area contributed by atoms with Gasteiger partial charge in [0.05, 0.1) is 11.3 Å². The summed E-state index contributed by atoms with van der Waals surface area (Å²) in [6.45, 7) is 3.29. The minimum atomic E-state index is -4.35. The molecule has 0 bridgehead atoms. The lowest BCUT2D eigenvalue weighted by Crippen LogP contribution is -2.30. The summed E-state index contributed by atoms with van der Waals surface area (Å²) in [7, 11) is 0. The number of benzene rings is 1. The maximum Gasteiger partial charge on any atom is 0.422 e. The number of carbonyl (C=O) groups excluding carboxylic acids is 1. The van der Waals surface area contributed by atoms with Crippen molar-refractivity contribution >= 4 is 28.2 Å². The number of ether oxygens (including phenoxy) is 1. The molecule has 37 heavy (non-hydrogen) atoms. The van der Waals surface area contributed by atoms with Crippen LogP contribution in [-0.2, 0) is 12.8 Å². The van der Waals surface area contributed by atoms with Crippen molar-refractivity contribution in [2.24, 2.45) is 11.8 Å². The van der Waals surface area contributed by atoms with Crippen LogP contribution < -0.4 is 4.74 Å². The quantitative estimate of drug-likeness (QED) is 0.311. The molecule has 3 aromatic rings. The summed E-state index contributed by atoms with van der Waals surface area (Å²) in [6.07, 6.45) is 3.33. The number of ketones is 1. The molecule has 0 N–H and O–H groups in total. The number of fused-ring (bicyclic) bond motifs is 2. The summed E-state index contributed by atoms with van der Waals surface area (Å²) < 4.78 is 47.7. The van der Waals surface area contributed by atoms with Gasteiger partial charge in [0, 0.05) is 37.7 Å². The van der Waals surface area contributed by atoms with E-state index in [0.29, 0.717) is 35.3 Å². The number of nitrogens with zero attached hydrogens (tertiary/aromatic N) is 3. The number of hydrogen-bond donors (Lipinski definition) is 0. The first-order valence-corrected chi connectivity index (χ1v) is 13.8. The highest BCUT2D eigenvalue weighted by molar-refractivity contribution is 7.13. The van der Waals surface area contributed by atoms with E-state index < -0.39 is 12.8 Å². The Kier molecular flexibility index (Phi) is 7.85. The Hall–Kier alpha value is -2.46. The third kappa shape index (κ3) is 6.71. The highest BCUT2D eigenvalue weighted by Crippen LogP contribution is 2.35. The van der Waals surface area contributed by atoms with E-state index in [-0.39, 0.29) is 11.0 Å². The monoisotopic (exact) mass is 535 g/mol. The molecular weight excluding hydrogens is 503 g/mol. The van der Waals surface area contributed by atoms with Crippen LogP contribution in [0.2, 0.25) is 0 Å². The van der Waals surface area contributed by atoms with Crippen LogP contribution in [0.3, 0.4) is 0 Å². The summed E-state index contributed by atoms with van der Waals surface area (Å²) in [5, 5.41) is 0.124. The molecule has 2 aliphatic rings. The summed E-state index contributed by atoms with van der Waals surface area (Å²) in [4.78, 5) is 25.1. The SMILES string of the molecule is Cc1nc2cccc(C(=O)CC3CCC(CCN4CCc5nc(OCC(F)(F)F)sc5CC4)CC3)c2o1. The fourth-order valence-corrected chi connectivity index (χ4v) is 6.50. The van der Waals surface area contributed by atoms with Gasteiger partial charge in [-0.05, 0) is 56.2 Å². The van der Waals surface area contributed by atoms with E-state index in [9.17, 15) is 18.0 Å². The molecule has 10 heteroatoms. The van der Waals surface area contributed by atoms with Crippen molar-refractivity contribution in [1.82, 2.24) is 14.9 Å². The van der Waals surface area contributed by atoms with Gasteiger partial charge in [-0.15, -0.1) is 0 Å². The second-order valence-corrected chi connectivity index (χ2v) is 11.3. The Morgan fingerprint density at radius 1 is 1.14 bits per heavy atom. The number of alkyl halides is 3. The van der Waals surface area contributed by atoms with Crippen LogP contribution in [0.1, 0.15) is 65.3 Å². The Balaban J connectivity index is 1.04. The fourth-order valence-electron chi connectivity index (χ4n) is 5.56. The van der Waals surface area contributed by atoms with Gasteiger partial charge in [0.25, 0.3) is 5.19 Å². The van der Waals surface area contributed by atoms with E-state index in [0.717, 1.165) is 80.7 Å². The molecule has 6 nitrogen and oxygen atoms in total. The van der Waals surface area contributed by atoms with Gasteiger partial charge >= 0.3 is 6.18 Å². The molecule has 1 fully saturated rings. The molecule has 2 aromatic heterocycles. The Bertz CT molecular complexity index is 1210. The summed E-state index contributed by atoms with van der Waals surface area (Å²) in [5.74, 6) is 1.80. The Labute approximate surface area is 218 Å². The van der Waals surface area contributed by atoms with Crippen LogP contribution in [0.25, 0.3) is 11.1 Å². The second-order valence-electron chi connectivity index (χ2n) is 10.3. The number of carbonyl (C=O) groups is 1. The largest absolute Gasteiger partial charge is 0.460 e. The van der Waals surface area contributed by atoms with E-state index in [1.165, 1.54) is 11.3 Å². The zero-order valence-corrected chi connectivity index (χ0v) is 21.8. The lowest BCUT2D eigenvalue weighted by molar-refractivity contribution is -0.153. The van der Waals surface area contributed by atoms with E-state index in [4.69, 9.17) is 9.15 Å². The first-order chi connectivity index (χ1) is 17.7. The average molecular weight is 536 g/mol. The molecular formula is C27H32F3N3O3S. The zero-order valence-electron chi connectivity index (χ0n) is 21.0. The van der Waals surface area contributed by atoms with Crippen molar-refractivity contribution < 1.29 is 27.1 Å². The number of rotatable bonds is 8. The molecule has 1 aliphatic heterocycles. The number of aromatic nitrogens is 2. The zero-order chi connectivity index (χ0) is 26.0. The Morgan fingerprint density at radius 3 is 2.68 bits per heavy atom. The number of hydrogen-bond acceptors (Lipinski definition) is 7. The molecule has 0 radical (unpaired) electrons. The molecule has 0 spiro atoms. The van der Waals surface area contributed by atoms with Crippen LogP contribution >= 0.6 is 11.3 Å². The highest BCUT2D eigenvalue weighted by atomic mass is 32.1. The van der Waals surface area contributed by atoms with Crippen molar-refractivity contribution in [2.75, 3.05) is 26.2 Å². The van der Waals surface area contributed by atoms with Gasteiger partial charge in [0.15, 0.2) is 23.9 Å². The molecule has 0 saturated heterocycles. The predicted octanol–water partition coefficient (Wildman–Crippen LogP) is 6.40. The van der Waals surface area contributed by atoms with Crippen LogP contribution in [0.15, 0.2) is 22.6 Å². The molecule has 5 rings (SSSR count). The number of aryl methyl sites for hydroxylation is 1. The summed E-state index contributed by atoms with van der Waals surface area (Å²) >= 11 is 1.25. The predicted molar refractivity (Wildman–Crippen MR) is 135 cm³/mol. The molecule has 0 amide bonds. The minimum absolute atomic E-state index is 0.124. The van der Waals surface area contributed by atoms with Gasteiger partial charge in [-0.25, -0.2) is 9.97 Å². The topological polar surface area (TPSA) is 68.5 Å². The molecule has 0 atom stereocenters. The van der Waals surface area contributed by atoms with Crippen LogP contribution in [0, 0.1) is 18.8 Å². The number of Topliss-reactive ketones (excluding diaryl/α,β-unsaturated/α-hetero) is 1. The first kappa shape index (κ1) is 26.2. The van der Waals surface area contributed by atoms with Gasteiger partial charge in [0.2, 0.25) is 0 Å². The fraction of sp³-hybridized carbons (Fsp3) is 0.593. The van der Waals surface area contributed by atoms with Gasteiger partial charge in [0.1, 0.15) is 5.52 Å². The highest BCUT2D eigenvalue weighted by Gasteiger charge is 2.30.